The van der Waals surface area contributed by atoms with E-state index in [0.29, 0.717) is 18.5 Å². The average molecular weight is 348 g/mol. The fraction of sp³-hybridized carbons (Fsp3) is 0.647. The quantitative estimate of drug-likeness (QED) is 0.850. The summed E-state index contributed by atoms with van der Waals surface area (Å²) in [4.78, 5) is 4.78. The van der Waals surface area contributed by atoms with E-state index in [-0.39, 0.29) is 5.41 Å². The van der Waals surface area contributed by atoms with Crippen LogP contribution in [0, 0.1) is 12.3 Å². The summed E-state index contributed by atoms with van der Waals surface area (Å²) in [5.74, 6) is 0.618. The second-order valence-electron chi connectivity index (χ2n) is 7.02. The molecule has 0 radical (unpaired) electrons. The minimum Gasteiger partial charge on any atom is -0.408 e. The van der Waals surface area contributed by atoms with E-state index in [2.05, 4.69) is 36.8 Å². The fourth-order valence-electron chi connectivity index (χ4n) is 3.90. The van der Waals surface area contributed by atoms with Crippen LogP contribution in [0.5, 0.6) is 0 Å². The van der Waals surface area contributed by atoms with Crippen LogP contribution in [-0.4, -0.2) is 54.5 Å². The van der Waals surface area contributed by atoms with E-state index >= 15 is 0 Å². The molecule has 6 nitrogen and oxygen atoms in total. The summed E-state index contributed by atoms with van der Waals surface area (Å²) in [5.41, 5.74) is 1.56. The second kappa shape index (κ2) is 6.82. The number of ether oxygens (including phenoxy) is 1. The molecule has 2 aromatic rings. The third-order valence-corrected chi connectivity index (χ3v) is 5.68. The predicted molar refractivity (Wildman–Crippen MR) is 93.3 cm³/mol. The normalized spacial score (nSPS) is 26.0. The van der Waals surface area contributed by atoms with Crippen molar-refractivity contribution in [1.82, 2.24) is 15.1 Å². The highest BCUT2D eigenvalue weighted by atomic mass is 32.1. The van der Waals surface area contributed by atoms with Gasteiger partial charge in [0.2, 0.25) is 5.89 Å². The molecule has 130 valence electrons. The summed E-state index contributed by atoms with van der Waals surface area (Å²) in [6.07, 6.45) is 2.40. The van der Waals surface area contributed by atoms with Crippen LogP contribution in [0.2, 0.25) is 0 Å². The second-order valence-corrected chi connectivity index (χ2v) is 7.80. The van der Waals surface area contributed by atoms with Crippen molar-refractivity contribution in [3.8, 4) is 0 Å². The van der Waals surface area contributed by atoms with Gasteiger partial charge in [-0.05, 0) is 41.8 Å². The van der Waals surface area contributed by atoms with Crippen LogP contribution >= 0.6 is 11.3 Å². The number of rotatable bonds is 3. The summed E-state index contributed by atoms with van der Waals surface area (Å²) in [6.45, 7) is 8.37. The molecule has 2 saturated heterocycles. The van der Waals surface area contributed by atoms with Crippen LogP contribution < -0.4 is 4.90 Å². The Kier molecular flexibility index (Phi) is 4.56. The van der Waals surface area contributed by atoms with E-state index < -0.39 is 0 Å². The first-order chi connectivity index (χ1) is 11.7. The van der Waals surface area contributed by atoms with Crippen LogP contribution in [0.25, 0.3) is 0 Å². The molecule has 1 spiro atoms. The number of thiophene rings is 1. The van der Waals surface area contributed by atoms with Gasteiger partial charge in [0.25, 0.3) is 0 Å². The van der Waals surface area contributed by atoms with Crippen LogP contribution in [0.3, 0.4) is 0 Å². The molecule has 0 N–H and O–H groups in total. The van der Waals surface area contributed by atoms with E-state index in [4.69, 9.17) is 9.15 Å². The van der Waals surface area contributed by atoms with Gasteiger partial charge in [-0.1, -0.05) is 5.10 Å². The van der Waals surface area contributed by atoms with Gasteiger partial charge in [-0.2, -0.15) is 11.3 Å². The highest BCUT2D eigenvalue weighted by Crippen LogP contribution is 2.35. The molecule has 1 atom stereocenters. The van der Waals surface area contributed by atoms with Crippen molar-refractivity contribution in [2.45, 2.75) is 26.3 Å². The Bertz CT molecular complexity index is 659. The van der Waals surface area contributed by atoms with Crippen LogP contribution in [0.1, 0.15) is 24.3 Å². The molecule has 4 rings (SSSR count). The molecule has 1 unspecified atom stereocenters. The number of piperidine rings is 1. The Balaban J connectivity index is 1.49. The van der Waals surface area contributed by atoms with Crippen LogP contribution in [-0.2, 0) is 11.3 Å². The van der Waals surface area contributed by atoms with Crippen molar-refractivity contribution in [3.63, 3.8) is 0 Å². The zero-order valence-corrected chi connectivity index (χ0v) is 14.9. The maximum Gasteiger partial charge on any atom is 0.318 e. The van der Waals surface area contributed by atoms with Gasteiger partial charge in [0.15, 0.2) is 0 Å². The summed E-state index contributed by atoms with van der Waals surface area (Å²) in [5, 5.41) is 12.6. The molecule has 0 amide bonds. The first-order valence-corrected chi connectivity index (χ1v) is 9.53. The maximum absolute atomic E-state index is 5.97. The summed E-state index contributed by atoms with van der Waals surface area (Å²) in [6, 6.07) is 2.86. The zero-order valence-electron chi connectivity index (χ0n) is 14.1. The monoisotopic (exact) mass is 348 g/mol. The van der Waals surface area contributed by atoms with Crippen molar-refractivity contribution >= 4 is 17.4 Å². The minimum absolute atomic E-state index is 0.146. The molecule has 2 aliphatic heterocycles. The Morgan fingerprint density at radius 1 is 1.29 bits per heavy atom. The number of nitrogens with zero attached hydrogens (tertiary/aromatic N) is 4. The molecule has 7 heteroatoms. The van der Waals surface area contributed by atoms with Gasteiger partial charge in [0.1, 0.15) is 0 Å². The highest BCUT2D eigenvalue weighted by molar-refractivity contribution is 7.07. The lowest BCUT2D eigenvalue weighted by Gasteiger charge is -2.43. The Morgan fingerprint density at radius 2 is 2.25 bits per heavy atom. The van der Waals surface area contributed by atoms with E-state index in [1.54, 1.807) is 11.3 Å². The molecule has 2 aliphatic rings. The van der Waals surface area contributed by atoms with Gasteiger partial charge in [-0.3, -0.25) is 4.90 Å². The van der Waals surface area contributed by atoms with Gasteiger partial charge in [-0.15, -0.1) is 5.10 Å². The Morgan fingerprint density at radius 3 is 3.04 bits per heavy atom. The average Bonchev–Trinajstić information content (AvgIpc) is 3.18. The van der Waals surface area contributed by atoms with E-state index in [1.807, 2.05) is 6.92 Å². The molecular weight excluding hydrogens is 324 g/mol. The number of anilines is 1. The molecule has 2 fully saturated rings. The van der Waals surface area contributed by atoms with Crippen LogP contribution in [0.4, 0.5) is 6.01 Å². The lowest BCUT2D eigenvalue weighted by atomic mass is 9.80. The van der Waals surface area contributed by atoms with Gasteiger partial charge in [0, 0.05) is 38.5 Å². The third-order valence-electron chi connectivity index (χ3n) is 4.95. The Labute approximate surface area is 146 Å². The zero-order chi connectivity index (χ0) is 16.4. The van der Waals surface area contributed by atoms with Crippen molar-refractivity contribution < 1.29 is 9.15 Å². The fourth-order valence-corrected chi connectivity index (χ4v) is 4.56. The number of aryl methyl sites for hydroxylation is 1. The largest absolute Gasteiger partial charge is 0.408 e. The predicted octanol–water partition coefficient (Wildman–Crippen LogP) is 2.56. The number of likely N-dealkylation sites (tertiary alicyclic amines) is 1. The van der Waals surface area contributed by atoms with Gasteiger partial charge in [0.05, 0.1) is 13.2 Å². The standard InChI is InChI=1S/C17H24N4O2S/c1-14-18-19-16(23-14)21-6-7-22-13-17(12-21)4-2-5-20(11-17)9-15-3-8-24-10-15/h3,8,10H,2,4-7,9,11-13H2,1H3. The molecule has 0 bridgehead atoms. The molecule has 4 heterocycles. The molecule has 0 aromatic carbocycles. The van der Waals surface area contributed by atoms with Crippen molar-refractivity contribution in [1.29, 1.82) is 0 Å². The van der Waals surface area contributed by atoms with Gasteiger partial charge < -0.3 is 14.1 Å². The van der Waals surface area contributed by atoms with Crippen molar-refractivity contribution in [2.24, 2.45) is 5.41 Å². The SMILES string of the molecule is Cc1nnc(N2CCOCC3(CCCN(Cc4ccsc4)C3)C2)o1. The number of aromatic nitrogens is 2. The topological polar surface area (TPSA) is 54.6 Å². The highest BCUT2D eigenvalue weighted by Gasteiger charge is 2.40. The molecule has 0 saturated carbocycles. The lowest BCUT2D eigenvalue weighted by Crippen LogP contribution is -2.50. The maximum atomic E-state index is 5.97. The third kappa shape index (κ3) is 3.48. The van der Waals surface area contributed by atoms with Gasteiger partial charge >= 0.3 is 6.01 Å². The summed E-state index contributed by atoms with van der Waals surface area (Å²) < 4.78 is 11.6. The van der Waals surface area contributed by atoms with Gasteiger partial charge in [-0.25, -0.2) is 0 Å². The van der Waals surface area contributed by atoms with Crippen molar-refractivity contribution in [2.75, 3.05) is 44.3 Å². The lowest BCUT2D eigenvalue weighted by molar-refractivity contribution is 0.0106. The summed E-state index contributed by atoms with van der Waals surface area (Å²) in [7, 11) is 0. The van der Waals surface area contributed by atoms with E-state index in [1.165, 1.54) is 18.4 Å². The van der Waals surface area contributed by atoms with E-state index in [0.717, 1.165) is 39.3 Å². The Hall–Kier alpha value is -1.44. The van der Waals surface area contributed by atoms with E-state index in [9.17, 15) is 0 Å². The smallest absolute Gasteiger partial charge is 0.318 e. The molecule has 0 aliphatic carbocycles. The first kappa shape index (κ1) is 16.1. The first-order valence-electron chi connectivity index (χ1n) is 8.59. The molecular formula is C17H24N4O2S. The summed E-state index contributed by atoms with van der Waals surface area (Å²) >= 11 is 1.77. The molecule has 2 aromatic heterocycles. The number of hydrogen-bond acceptors (Lipinski definition) is 7. The number of hydrogen-bond donors (Lipinski definition) is 0. The molecule has 24 heavy (non-hydrogen) atoms. The minimum atomic E-state index is 0.146. The van der Waals surface area contributed by atoms with Crippen molar-refractivity contribution in [3.05, 3.63) is 28.3 Å². The van der Waals surface area contributed by atoms with Crippen LogP contribution in [0.15, 0.2) is 21.2 Å².